The Labute approximate surface area is 89.7 Å². The molecule has 3 atom stereocenters. The van der Waals surface area contributed by atoms with Crippen LogP contribution >= 0.6 is 0 Å². The van der Waals surface area contributed by atoms with Crippen molar-refractivity contribution in [3.8, 4) is 0 Å². The molecule has 1 N–H and O–H groups in total. The third-order valence-corrected chi connectivity index (χ3v) is 3.71. The molecule has 1 saturated heterocycles. The second-order valence-electron chi connectivity index (χ2n) is 5.31. The average Bonchev–Trinajstić information content (AvgIpc) is 2.47. The van der Waals surface area contributed by atoms with Gasteiger partial charge in [-0.2, -0.15) is 0 Å². The van der Waals surface area contributed by atoms with Crippen LogP contribution in [0.2, 0.25) is 0 Å². The van der Waals surface area contributed by atoms with Crippen LogP contribution in [-0.4, -0.2) is 12.6 Å². The van der Waals surface area contributed by atoms with Crippen molar-refractivity contribution in [1.29, 1.82) is 0 Å². The molecule has 0 bridgehead atoms. The maximum atomic E-state index is 3.70. The van der Waals surface area contributed by atoms with E-state index in [1.807, 2.05) is 0 Å². The predicted molar refractivity (Wildman–Crippen MR) is 63.4 cm³/mol. The van der Waals surface area contributed by atoms with Gasteiger partial charge in [0.05, 0.1) is 0 Å². The second kappa shape index (κ2) is 5.75. The van der Waals surface area contributed by atoms with E-state index in [1.165, 1.54) is 32.2 Å². The van der Waals surface area contributed by atoms with Crippen LogP contribution in [0.25, 0.3) is 0 Å². The van der Waals surface area contributed by atoms with E-state index < -0.39 is 0 Å². The van der Waals surface area contributed by atoms with Crippen LogP contribution in [0.5, 0.6) is 0 Å². The van der Waals surface area contributed by atoms with E-state index in [1.54, 1.807) is 0 Å². The van der Waals surface area contributed by atoms with E-state index >= 15 is 0 Å². The summed E-state index contributed by atoms with van der Waals surface area (Å²) >= 11 is 0. The zero-order valence-corrected chi connectivity index (χ0v) is 10.3. The van der Waals surface area contributed by atoms with E-state index in [4.69, 9.17) is 0 Å². The van der Waals surface area contributed by atoms with Crippen LogP contribution in [0, 0.1) is 17.8 Å². The molecule has 0 saturated carbocycles. The molecule has 1 heterocycles. The summed E-state index contributed by atoms with van der Waals surface area (Å²) in [6.45, 7) is 10.7. The van der Waals surface area contributed by atoms with E-state index in [-0.39, 0.29) is 0 Å². The molecular weight excluding hydrogens is 170 g/mol. The van der Waals surface area contributed by atoms with Gasteiger partial charge in [-0.05, 0) is 30.7 Å². The molecule has 1 aliphatic heterocycles. The van der Waals surface area contributed by atoms with Crippen LogP contribution in [0.15, 0.2) is 0 Å². The summed E-state index contributed by atoms with van der Waals surface area (Å²) in [5.41, 5.74) is 0. The van der Waals surface area contributed by atoms with Crippen molar-refractivity contribution in [3.05, 3.63) is 0 Å². The normalized spacial score (nSPS) is 32.8. The van der Waals surface area contributed by atoms with Crippen LogP contribution in [0.1, 0.15) is 53.4 Å². The summed E-state index contributed by atoms with van der Waals surface area (Å²) in [6.07, 6.45) is 5.54. The summed E-state index contributed by atoms with van der Waals surface area (Å²) in [7, 11) is 0. The zero-order chi connectivity index (χ0) is 10.6. The third kappa shape index (κ3) is 2.98. The van der Waals surface area contributed by atoms with Gasteiger partial charge < -0.3 is 5.32 Å². The molecule has 84 valence electrons. The van der Waals surface area contributed by atoms with Crippen molar-refractivity contribution in [2.75, 3.05) is 6.54 Å². The minimum Gasteiger partial charge on any atom is -0.313 e. The number of rotatable bonds is 5. The molecule has 14 heavy (non-hydrogen) atoms. The van der Waals surface area contributed by atoms with Gasteiger partial charge in [0.1, 0.15) is 0 Å². The predicted octanol–water partition coefficient (Wildman–Crippen LogP) is 3.45. The summed E-state index contributed by atoms with van der Waals surface area (Å²) in [6, 6.07) is 0.802. The number of unbranched alkanes of at least 4 members (excludes halogenated alkanes) is 2. The standard InChI is InChI=1S/C13H27N/c1-5-6-7-8-12-13(10(2)3)11(4)9-14-12/h10-14H,5-9H2,1-4H3. The first-order valence-corrected chi connectivity index (χ1v) is 6.40. The third-order valence-electron chi connectivity index (χ3n) is 3.71. The molecule has 0 radical (unpaired) electrons. The topological polar surface area (TPSA) is 12.0 Å². The fourth-order valence-electron chi connectivity index (χ4n) is 3.04. The first-order chi connectivity index (χ1) is 6.66. The smallest absolute Gasteiger partial charge is 0.0101 e. The summed E-state index contributed by atoms with van der Waals surface area (Å²) in [5.74, 6) is 2.63. The Morgan fingerprint density at radius 2 is 2.00 bits per heavy atom. The van der Waals surface area contributed by atoms with E-state index in [0.717, 1.165) is 23.8 Å². The molecule has 1 nitrogen and oxygen atoms in total. The van der Waals surface area contributed by atoms with Crippen molar-refractivity contribution in [2.45, 2.75) is 59.4 Å². The van der Waals surface area contributed by atoms with E-state index in [0.29, 0.717) is 0 Å². The molecule has 0 amide bonds. The molecule has 0 aliphatic carbocycles. The second-order valence-corrected chi connectivity index (χ2v) is 5.31. The molecule has 1 aliphatic rings. The van der Waals surface area contributed by atoms with Gasteiger partial charge in [-0.25, -0.2) is 0 Å². The molecule has 0 aromatic heterocycles. The van der Waals surface area contributed by atoms with Gasteiger partial charge in [0.15, 0.2) is 0 Å². The Morgan fingerprint density at radius 3 is 2.57 bits per heavy atom. The fourth-order valence-corrected chi connectivity index (χ4v) is 3.04. The molecule has 1 heteroatoms. The summed E-state index contributed by atoms with van der Waals surface area (Å²) in [5, 5.41) is 3.70. The van der Waals surface area contributed by atoms with Crippen LogP contribution < -0.4 is 5.32 Å². The lowest BCUT2D eigenvalue weighted by Gasteiger charge is -2.25. The first kappa shape index (κ1) is 12.0. The van der Waals surface area contributed by atoms with Crippen LogP contribution in [0.3, 0.4) is 0 Å². The Morgan fingerprint density at radius 1 is 1.29 bits per heavy atom. The monoisotopic (exact) mass is 197 g/mol. The molecular formula is C13H27N. The van der Waals surface area contributed by atoms with Crippen molar-refractivity contribution < 1.29 is 0 Å². The van der Waals surface area contributed by atoms with Gasteiger partial charge >= 0.3 is 0 Å². The number of hydrogen-bond acceptors (Lipinski definition) is 1. The highest BCUT2D eigenvalue weighted by atomic mass is 15.0. The molecule has 3 unspecified atom stereocenters. The Kier molecular flexibility index (Phi) is 4.94. The van der Waals surface area contributed by atoms with Gasteiger partial charge in [-0.1, -0.05) is 47.0 Å². The highest BCUT2D eigenvalue weighted by Gasteiger charge is 2.34. The van der Waals surface area contributed by atoms with Gasteiger partial charge in [0, 0.05) is 6.04 Å². The van der Waals surface area contributed by atoms with Gasteiger partial charge in [-0.3, -0.25) is 0 Å². The largest absolute Gasteiger partial charge is 0.313 e. The fraction of sp³-hybridized carbons (Fsp3) is 1.00. The lowest BCUT2D eigenvalue weighted by Crippen LogP contribution is -2.30. The molecule has 0 aromatic carbocycles. The Hall–Kier alpha value is -0.0400. The lowest BCUT2D eigenvalue weighted by atomic mass is 9.81. The summed E-state index contributed by atoms with van der Waals surface area (Å²) in [4.78, 5) is 0. The lowest BCUT2D eigenvalue weighted by molar-refractivity contribution is 0.272. The Balaban J connectivity index is 2.35. The van der Waals surface area contributed by atoms with Crippen molar-refractivity contribution >= 4 is 0 Å². The molecule has 0 aromatic rings. The highest BCUT2D eigenvalue weighted by molar-refractivity contribution is 4.89. The minimum atomic E-state index is 0.802. The van der Waals surface area contributed by atoms with Crippen molar-refractivity contribution in [1.82, 2.24) is 5.32 Å². The maximum absolute atomic E-state index is 3.70. The van der Waals surface area contributed by atoms with E-state index in [2.05, 4.69) is 33.0 Å². The van der Waals surface area contributed by atoms with Gasteiger partial charge in [-0.15, -0.1) is 0 Å². The van der Waals surface area contributed by atoms with Gasteiger partial charge in [0.2, 0.25) is 0 Å². The van der Waals surface area contributed by atoms with Crippen LogP contribution in [0.4, 0.5) is 0 Å². The zero-order valence-electron chi connectivity index (χ0n) is 10.3. The van der Waals surface area contributed by atoms with E-state index in [9.17, 15) is 0 Å². The molecule has 0 spiro atoms. The van der Waals surface area contributed by atoms with Gasteiger partial charge in [0.25, 0.3) is 0 Å². The van der Waals surface area contributed by atoms with Crippen molar-refractivity contribution in [3.63, 3.8) is 0 Å². The maximum Gasteiger partial charge on any atom is 0.0101 e. The van der Waals surface area contributed by atoms with Crippen molar-refractivity contribution in [2.24, 2.45) is 17.8 Å². The Bertz CT molecular complexity index is 153. The minimum absolute atomic E-state index is 0.802. The number of hydrogen-bond donors (Lipinski definition) is 1. The summed E-state index contributed by atoms with van der Waals surface area (Å²) < 4.78 is 0. The van der Waals surface area contributed by atoms with Crippen LogP contribution in [-0.2, 0) is 0 Å². The first-order valence-electron chi connectivity index (χ1n) is 6.40. The quantitative estimate of drug-likeness (QED) is 0.666. The molecule has 1 rings (SSSR count). The SMILES string of the molecule is CCCCCC1NCC(C)C1C(C)C. The average molecular weight is 197 g/mol. The highest BCUT2D eigenvalue weighted by Crippen LogP contribution is 2.31. The molecule has 1 fully saturated rings. The number of nitrogens with one attached hydrogen (secondary N) is 1.